The number of imidazole rings is 1. The number of amides is 1. The van der Waals surface area contributed by atoms with Gasteiger partial charge in [0.2, 0.25) is 10.0 Å². The number of nitrogens with zero attached hydrogens (tertiary/aromatic N) is 3. The van der Waals surface area contributed by atoms with E-state index in [9.17, 15) is 13.2 Å². The molecule has 0 spiro atoms. The first-order valence-electron chi connectivity index (χ1n) is 8.24. The predicted molar refractivity (Wildman–Crippen MR) is 103 cm³/mol. The average molecular weight is 395 g/mol. The smallest absolute Gasteiger partial charge is 0.251 e. The van der Waals surface area contributed by atoms with Crippen molar-refractivity contribution in [3.8, 4) is 18.2 Å². The Kier molecular flexibility index (Phi) is 5.84. The highest BCUT2D eigenvalue weighted by Gasteiger charge is 2.14. The van der Waals surface area contributed by atoms with Gasteiger partial charge in [-0.3, -0.25) is 9.36 Å². The van der Waals surface area contributed by atoms with Crippen molar-refractivity contribution in [2.45, 2.75) is 11.4 Å². The lowest BCUT2D eigenvalue weighted by molar-refractivity contribution is 0.0951. The van der Waals surface area contributed by atoms with Gasteiger partial charge in [0, 0.05) is 30.7 Å². The van der Waals surface area contributed by atoms with Gasteiger partial charge in [0.1, 0.15) is 12.1 Å². The Labute approximate surface area is 162 Å². The molecule has 3 rings (SSSR count). The lowest BCUT2D eigenvalue weighted by Crippen LogP contribution is -2.25. The Morgan fingerprint density at radius 2 is 1.96 bits per heavy atom. The molecule has 0 aliphatic heterocycles. The van der Waals surface area contributed by atoms with Crippen molar-refractivity contribution in [2.75, 3.05) is 6.54 Å². The molecule has 0 unspecified atom stereocenters. The minimum Gasteiger partial charge on any atom is -0.348 e. The van der Waals surface area contributed by atoms with E-state index in [2.05, 4.69) is 25.9 Å². The van der Waals surface area contributed by atoms with E-state index in [4.69, 9.17) is 6.42 Å². The van der Waals surface area contributed by atoms with Gasteiger partial charge in [-0.25, -0.2) is 18.4 Å². The van der Waals surface area contributed by atoms with Gasteiger partial charge in [0.15, 0.2) is 0 Å². The Bertz CT molecular complexity index is 1080. The zero-order chi connectivity index (χ0) is 20.0. The van der Waals surface area contributed by atoms with Crippen LogP contribution in [0.2, 0.25) is 0 Å². The molecule has 1 aromatic carbocycles. The monoisotopic (exact) mass is 395 g/mol. The number of nitrogens with one attached hydrogen (secondary N) is 2. The van der Waals surface area contributed by atoms with Gasteiger partial charge in [0.05, 0.1) is 11.4 Å². The fraction of sp³-hybridized carbons (Fsp3) is 0.105. The first kappa shape index (κ1) is 19.3. The molecule has 0 aliphatic rings. The van der Waals surface area contributed by atoms with Crippen molar-refractivity contribution >= 4 is 15.9 Å². The fourth-order valence-corrected chi connectivity index (χ4v) is 3.29. The summed E-state index contributed by atoms with van der Waals surface area (Å²) in [5.41, 5.74) is 1.17. The van der Waals surface area contributed by atoms with Crippen LogP contribution in [0.15, 0.2) is 66.2 Å². The molecule has 0 aliphatic carbocycles. The van der Waals surface area contributed by atoms with Crippen LogP contribution in [0.5, 0.6) is 0 Å². The summed E-state index contributed by atoms with van der Waals surface area (Å²) in [7, 11) is -3.68. The quantitative estimate of drug-likeness (QED) is 0.583. The Morgan fingerprint density at radius 1 is 1.18 bits per heavy atom. The fourth-order valence-electron chi connectivity index (χ4n) is 2.36. The van der Waals surface area contributed by atoms with Gasteiger partial charge in [-0.15, -0.1) is 6.42 Å². The third-order valence-electron chi connectivity index (χ3n) is 3.82. The summed E-state index contributed by atoms with van der Waals surface area (Å²) in [6.07, 6.45) is 11.8. The van der Waals surface area contributed by atoms with E-state index in [0.29, 0.717) is 12.1 Å². The highest BCUT2D eigenvalue weighted by molar-refractivity contribution is 7.89. The van der Waals surface area contributed by atoms with Crippen LogP contribution in [0.4, 0.5) is 0 Å². The molecule has 8 nitrogen and oxygen atoms in total. The maximum Gasteiger partial charge on any atom is 0.251 e. The molecule has 0 bridgehead atoms. The van der Waals surface area contributed by atoms with Crippen molar-refractivity contribution in [1.29, 1.82) is 0 Å². The van der Waals surface area contributed by atoms with Crippen LogP contribution in [0.1, 0.15) is 15.9 Å². The first-order chi connectivity index (χ1) is 13.5. The summed E-state index contributed by atoms with van der Waals surface area (Å²) in [5, 5.41) is 2.77. The van der Waals surface area contributed by atoms with Crippen LogP contribution < -0.4 is 10.0 Å². The van der Waals surface area contributed by atoms with Gasteiger partial charge in [-0.1, -0.05) is 12.0 Å². The minimum atomic E-state index is -3.68. The number of rotatable bonds is 7. The van der Waals surface area contributed by atoms with E-state index < -0.39 is 10.0 Å². The topological polar surface area (TPSA) is 106 Å². The second kappa shape index (κ2) is 8.47. The number of carbonyl (C=O) groups excluding carboxylic acids is 1. The van der Waals surface area contributed by atoms with Crippen LogP contribution in [-0.4, -0.2) is 35.4 Å². The van der Waals surface area contributed by atoms with E-state index in [1.807, 2.05) is 12.1 Å². The van der Waals surface area contributed by atoms with Crippen LogP contribution in [-0.2, 0) is 16.6 Å². The number of benzene rings is 1. The van der Waals surface area contributed by atoms with E-state index in [0.717, 1.165) is 11.4 Å². The van der Waals surface area contributed by atoms with Crippen LogP contribution in [0.3, 0.4) is 0 Å². The predicted octanol–water partition coefficient (Wildman–Crippen LogP) is 1.11. The zero-order valence-electron chi connectivity index (χ0n) is 14.7. The Balaban J connectivity index is 1.60. The largest absolute Gasteiger partial charge is 0.348 e. The van der Waals surface area contributed by atoms with E-state index >= 15 is 0 Å². The highest BCUT2D eigenvalue weighted by atomic mass is 32.2. The Morgan fingerprint density at radius 3 is 2.57 bits per heavy atom. The molecule has 28 heavy (non-hydrogen) atoms. The number of hydrogen-bond acceptors (Lipinski definition) is 5. The van der Waals surface area contributed by atoms with Gasteiger partial charge in [0.25, 0.3) is 5.91 Å². The van der Waals surface area contributed by atoms with E-state index in [-0.39, 0.29) is 17.3 Å². The second-order valence-electron chi connectivity index (χ2n) is 5.73. The SMILES string of the molecule is C#CCNS(=O)(=O)c1ccc(C(=O)NCc2ccc(-n3ccnc3)nc2)cc1. The molecule has 0 fully saturated rings. The normalized spacial score (nSPS) is 11.0. The molecule has 0 saturated heterocycles. The molecular weight excluding hydrogens is 378 g/mol. The molecule has 0 saturated carbocycles. The van der Waals surface area contributed by atoms with Crippen molar-refractivity contribution in [3.05, 3.63) is 72.4 Å². The zero-order valence-corrected chi connectivity index (χ0v) is 15.6. The molecule has 1 amide bonds. The summed E-state index contributed by atoms with van der Waals surface area (Å²) in [6, 6.07) is 9.28. The van der Waals surface area contributed by atoms with Crippen molar-refractivity contribution in [1.82, 2.24) is 24.6 Å². The molecule has 142 valence electrons. The maximum atomic E-state index is 12.3. The van der Waals surface area contributed by atoms with Crippen molar-refractivity contribution in [2.24, 2.45) is 0 Å². The van der Waals surface area contributed by atoms with Crippen LogP contribution in [0, 0.1) is 12.3 Å². The van der Waals surface area contributed by atoms with Gasteiger partial charge >= 0.3 is 0 Å². The summed E-state index contributed by atoms with van der Waals surface area (Å²) >= 11 is 0. The lowest BCUT2D eigenvalue weighted by Gasteiger charge is -2.08. The number of pyridine rings is 1. The standard InChI is InChI=1S/C19H17N5O3S/c1-2-9-23-28(26,27)17-6-4-16(5-7-17)19(25)22-13-15-3-8-18(21-12-15)24-11-10-20-14-24/h1,3-8,10-12,14,23H,9,13H2,(H,22,25). The van der Waals surface area contributed by atoms with Crippen LogP contribution in [0.25, 0.3) is 5.82 Å². The first-order valence-corrected chi connectivity index (χ1v) is 9.72. The lowest BCUT2D eigenvalue weighted by atomic mass is 10.2. The minimum absolute atomic E-state index is 0.0404. The molecular formula is C19H17N5O3S. The van der Waals surface area contributed by atoms with Gasteiger partial charge in [-0.2, -0.15) is 4.72 Å². The molecule has 9 heteroatoms. The number of carbonyl (C=O) groups is 1. The summed E-state index contributed by atoms with van der Waals surface area (Å²) in [6.45, 7) is 0.193. The summed E-state index contributed by atoms with van der Waals surface area (Å²) < 4.78 is 28.0. The third kappa shape index (κ3) is 4.62. The molecule has 0 radical (unpaired) electrons. The average Bonchev–Trinajstić information content (AvgIpc) is 3.26. The molecule has 2 aromatic heterocycles. The molecule has 3 aromatic rings. The summed E-state index contributed by atoms with van der Waals surface area (Å²) in [5.74, 6) is 2.61. The van der Waals surface area contributed by atoms with E-state index in [1.54, 1.807) is 29.5 Å². The van der Waals surface area contributed by atoms with E-state index in [1.165, 1.54) is 24.3 Å². The number of sulfonamides is 1. The van der Waals surface area contributed by atoms with Crippen LogP contribution >= 0.6 is 0 Å². The van der Waals surface area contributed by atoms with Gasteiger partial charge < -0.3 is 5.32 Å². The number of aromatic nitrogens is 3. The number of terminal acetylenes is 1. The van der Waals surface area contributed by atoms with Crippen molar-refractivity contribution in [3.63, 3.8) is 0 Å². The molecule has 0 atom stereocenters. The highest BCUT2D eigenvalue weighted by Crippen LogP contribution is 2.11. The van der Waals surface area contributed by atoms with Gasteiger partial charge in [-0.05, 0) is 35.9 Å². The Hall–Kier alpha value is -3.48. The second-order valence-corrected chi connectivity index (χ2v) is 7.50. The molecule has 2 N–H and O–H groups in total. The molecule has 2 heterocycles. The number of hydrogen-bond donors (Lipinski definition) is 2. The maximum absolute atomic E-state index is 12.3. The third-order valence-corrected chi connectivity index (χ3v) is 5.24. The summed E-state index contributed by atoms with van der Waals surface area (Å²) in [4.78, 5) is 20.6. The van der Waals surface area contributed by atoms with Crippen molar-refractivity contribution < 1.29 is 13.2 Å².